The summed E-state index contributed by atoms with van der Waals surface area (Å²) in [6.45, 7) is 0. The van der Waals surface area contributed by atoms with Crippen LogP contribution in [0, 0.1) is 0 Å². The lowest BCUT2D eigenvalue weighted by Gasteiger charge is -2.01. The minimum atomic E-state index is -0.0909. The van der Waals surface area contributed by atoms with Gasteiger partial charge in [0.1, 0.15) is 11.5 Å². The normalized spacial score (nSPS) is 14.5. The third-order valence-electron chi connectivity index (χ3n) is 2.71. The second-order valence-corrected chi connectivity index (χ2v) is 5.11. The second kappa shape index (κ2) is 4.41. The Balaban J connectivity index is 1.69. The van der Waals surface area contributed by atoms with Crippen molar-refractivity contribution in [2.75, 3.05) is 5.32 Å². The summed E-state index contributed by atoms with van der Waals surface area (Å²) in [5, 5.41) is 12.5. The van der Waals surface area contributed by atoms with Crippen LogP contribution in [0.25, 0.3) is 0 Å². The molecule has 0 unspecified atom stereocenters. The lowest BCUT2D eigenvalue weighted by atomic mass is 10.4. The fourth-order valence-electron chi connectivity index (χ4n) is 1.53. The number of hydrogen-bond donors (Lipinski definition) is 2. The molecule has 6 nitrogen and oxygen atoms in total. The lowest BCUT2D eigenvalue weighted by molar-refractivity contribution is 0.0947. The Kier molecular flexibility index (Phi) is 2.75. The predicted octanol–water partition coefficient (Wildman–Crippen LogP) is 1.51. The van der Waals surface area contributed by atoms with Gasteiger partial charge in [-0.2, -0.15) is 5.10 Å². The number of thiazole rings is 1. The lowest BCUT2D eigenvalue weighted by Crippen LogP contribution is -2.25. The highest BCUT2D eigenvalue weighted by atomic mass is 32.1. The number of hydrogen-bond acceptors (Lipinski definition) is 5. The van der Waals surface area contributed by atoms with Gasteiger partial charge in [0.2, 0.25) is 0 Å². The molecular formula is C11H13N5OS. The van der Waals surface area contributed by atoms with Crippen molar-refractivity contribution in [1.29, 1.82) is 0 Å². The van der Waals surface area contributed by atoms with Crippen LogP contribution in [-0.2, 0) is 7.05 Å². The van der Waals surface area contributed by atoms with Crippen molar-refractivity contribution < 1.29 is 4.79 Å². The highest BCUT2D eigenvalue weighted by molar-refractivity contribution is 7.14. The number of nitrogens with zero attached hydrogens (tertiary/aromatic N) is 3. The molecule has 1 aliphatic carbocycles. The van der Waals surface area contributed by atoms with E-state index in [1.807, 2.05) is 13.1 Å². The first-order valence-corrected chi connectivity index (χ1v) is 6.62. The fourth-order valence-corrected chi connectivity index (χ4v) is 2.23. The van der Waals surface area contributed by atoms with Gasteiger partial charge in [-0.05, 0) is 12.8 Å². The molecule has 1 amide bonds. The van der Waals surface area contributed by atoms with E-state index in [9.17, 15) is 4.79 Å². The molecule has 2 heterocycles. The highest BCUT2D eigenvalue weighted by Crippen LogP contribution is 2.22. The van der Waals surface area contributed by atoms with Gasteiger partial charge in [0.05, 0.1) is 6.20 Å². The van der Waals surface area contributed by atoms with Crippen molar-refractivity contribution in [3.8, 4) is 0 Å². The molecule has 0 atom stereocenters. The Morgan fingerprint density at radius 2 is 2.39 bits per heavy atom. The molecule has 3 rings (SSSR count). The summed E-state index contributed by atoms with van der Waals surface area (Å²) in [4.78, 5) is 16.0. The molecule has 0 bridgehead atoms. The molecule has 2 aromatic rings. The Morgan fingerprint density at radius 1 is 1.56 bits per heavy atom. The molecule has 18 heavy (non-hydrogen) atoms. The fraction of sp³-hybridized carbons (Fsp3) is 0.364. The van der Waals surface area contributed by atoms with E-state index in [4.69, 9.17) is 0 Å². The smallest absolute Gasteiger partial charge is 0.271 e. The van der Waals surface area contributed by atoms with Crippen molar-refractivity contribution >= 4 is 28.2 Å². The van der Waals surface area contributed by atoms with Crippen molar-refractivity contribution in [2.24, 2.45) is 7.05 Å². The predicted molar refractivity (Wildman–Crippen MR) is 69.1 cm³/mol. The molecule has 1 saturated carbocycles. The first-order valence-electron chi connectivity index (χ1n) is 5.74. The maximum absolute atomic E-state index is 11.8. The number of aryl methyl sites for hydroxylation is 1. The van der Waals surface area contributed by atoms with Crippen LogP contribution in [-0.4, -0.2) is 26.7 Å². The average Bonchev–Trinajstić information content (AvgIpc) is 2.88. The molecule has 94 valence electrons. The van der Waals surface area contributed by atoms with Crippen LogP contribution >= 0.6 is 11.3 Å². The average molecular weight is 263 g/mol. The molecule has 0 aliphatic heterocycles. The third kappa shape index (κ3) is 2.35. The summed E-state index contributed by atoms with van der Waals surface area (Å²) in [6, 6.07) is 2.21. The summed E-state index contributed by atoms with van der Waals surface area (Å²) in [5.74, 6) is 0.755. The van der Waals surface area contributed by atoms with Crippen LogP contribution in [0.4, 0.5) is 10.9 Å². The number of carbonyl (C=O) groups excluding carboxylic acids is 1. The van der Waals surface area contributed by atoms with Crippen LogP contribution in [0.2, 0.25) is 0 Å². The zero-order valence-electron chi connectivity index (χ0n) is 9.88. The van der Waals surface area contributed by atoms with Gasteiger partial charge >= 0.3 is 0 Å². The Morgan fingerprint density at radius 3 is 3.06 bits per heavy atom. The van der Waals surface area contributed by atoms with Gasteiger partial charge in [0.15, 0.2) is 5.13 Å². The largest absolute Gasteiger partial charge is 0.348 e. The standard InChI is InChI=1S/C11H13N5OS/c1-16-9(4-5-12-16)15-11-14-8(6-18-11)10(17)13-7-2-3-7/h4-7H,2-3H2,1H3,(H,13,17)(H,14,15). The van der Waals surface area contributed by atoms with E-state index in [0.29, 0.717) is 16.9 Å². The number of carbonyl (C=O) groups is 1. The van der Waals surface area contributed by atoms with E-state index in [0.717, 1.165) is 18.7 Å². The molecule has 2 N–H and O–H groups in total. The number of anilines is 2. The topological polar surface area (TPSA) is 71.8 Å². The SMILES string of the molecule is Cn1nccc1Nc1nc(C(=O)NC2CC2)cs1. The molecule has 7 heteroatoms. The molecular weight excluding hydrogens is 250 g/mol. The third-order valence-corrected chi connectivity index (χ3v) is 3.46. The quantitative estimate of drug-likeness (QED) is 0.877. The van der Waals surface area contributed by atoms with Gasteiger partial charge in [-0.1, -0.05) is 0 Å². The van der Waals surface area contributed by atoms with Crippen LogP contribution in [0.1, 0.15) is 23.3 Å². The van der Waals surface area contributed by atoms with Crippen molar-refractivity contribution in [1.82, 2.24) is 20.1 Å². The van der Waals surface area contributed by atoms with Gasteiger partial charge in [-0.25, -0.2) is 4.98 Å². The van der Waals surface area contributed by atoms with E-state index >= 15 is 0 Å². The Labute approximate surface area is 108 Å². The molecule has 2 aromatic heterocycles. The van der Waals surface area contributed by atoms with E-state index in [-0.39, 0.29) is 5.91 Å². The second-order valence-electron chi connectivity index (χ2n) is 4.25. The van der Waals surface area contributed by atoms with Gasteiger partial charge in [-0.15, -0.1) is 11.3 Å². The van der Waals surface area contributed by atoms with Crippen molar-refractivity contribution in [3.05, 3.63) is 23.3 Å². The van der Waals surface area contributed by atoms with Crippen molar-refractivity contribution in [2.45, 2.75) is 18.9 Å². The first-order chi connectivity index (χ1) is 8.72. The molecule has 0 spiro atoms. The van der Waals surface area contributed by atoms with E-state index in [2.05, 4.69) is 20.7 Å². The minimum absolute atomic E-state index is 0.0909. The minimum Gasteiger partial charge on any atom is -0.348 e. The molecule has 0 aromatic carbocycles. The Hall–Kier alpha value is -1.89. The summed E-state index contributed by atoms with van der Waals surface area (Å²) < 4.78 is 1.71. The van der Waals surface area contributed by atoms with Crippen LogP contribution in [0.5, 0.6) is 0 Å². The van der Waals surface area contributed by atoms with Gasteiger partial charge < -0.3 is 10.6 Å². The maximum atomic E-state index is 11.8. The summed E-state index contributed by atoms with van der Waals surface area (Å²) >= 11 is 1.41. The summed E-state index contributed by atoms with van der Waals surface area (Å²) in [7, 11) is 1.84. The maximum Gasteiger partial charge on any atom is 0.271 e. The van der Waals surface area contributed by atoms with Crippen LogP contribution in [0.3, 0.4) is 0 Å². The van der Waals surface area contributed by atoms with Gasteiger partial charge in [0, 0.05) is 24.5 Å². The first kappa shape index (κ1) is 11.2. The molecule has 1 aliphatic rings. The summed E-state index contributed by atoms with van der Waals surface area (Å²) in [6.07, 6.45) is 3.86. The van der Waals surface area contributed by atoms with Crippen LogP contribution in [0.15, 0.2) is 17.6 Å². The molecule has 1 fully saturated rings. The Bertz CT molecular complexity index is 572. The number of aromatic nitrogens is 3. The van der Waals surface area contributed by atoms with Gasteiger partial charge in [-0.3, -0.25) is 9.48 Å². The summed E-state index contributed by atoms with van der Waals surface area (Å²) in [5.41, 5.74) is 0.469. The molecule has 0 radical (unpaired) electrons. The zero-order chi connectivity index (χ0) is 12.5. The van der Waals surface area contributed by atoms with E-state index < -0.39 is 0 Å². The zero-order valence-corrected chi connectivity index (χ0v) is 10.7. The number of amides is 1. The van der Waals surface area contributed by atoms with E-state index in [1.54, 1.807) is 16.3 Å². The molecule has 0 saturated heterocycles. The monoisotopic (exact) mass is 263 g/mol. The van der Waals surface area contributed by atoms with Gasteiger partial charge in [0.25, 0.3) is 5.91 Å². The van der Waals surface area contributed by atoms with Crippen LogP contribution < -0.4 is 10.6 Å². The van der Waals surface area contributed by atoms with E-state index in [1.165, 1.54) is 11.3 Å². The van der Waals surface area contributed by atoms with Crippen molar-refractivity contribution in [3.63, 3.8) is 0 Å². The highest BCUT2D eigenvalue weighted by Gasteiger charge is 2.24. The number of nitrogens with one attached hydrogen (secondary N) is 2. The number of rotatable bonds is 4.